The van der Waals surface area contributed by atoms with Gasteiger partial charge in [0.25, 0.3) is 0 Å². The second kappa shape index (κ2) is 17.2. The minimum absolute atomic E-state index is 0.747. The number of piperazine rings is 2. The number of likely N-dealkylation sites (tertiary alicyclic amines) is 1. The normalized spacial score (nSPS) is 20.8. The zero-order chi connectivity index (χ0) is 32.3. The summed E-state index contributed by atoms with van der Waals surface area (Å²) in [6.07, 6.45) is 5.19. The van der Waals surface area contributed by atoms with Gasteiger partial charge in [0.2, 0.25) is 0 Å². The van der Waals surface area contributed by atoms with E-state index in [9.17, 15) is 0 Å². The Morgan fingerprint density at radius 1 is 0.532 bits per heavy atom. The van der Waals surface area contributed by atoms with Crippen molar-refractivity contribution in [2.24, 2.45) is 0 Å². The fraction of sp³-hybridized carbons (Fsp3) is 0.538. The van der Waals surface area contributed by atoms with E-state index in [1.165, 1.54) is 81.9 Å². The van der Waals surface area contributed by atoms with Crippen LogP contribution in [0.5, 0.6) is 11.5 Å². The minimum Gasteiger partial charge on any atom is -0.495 e. The third-order valence-electron chi connectivity index (χ3n) is 10.6. The van der Waals surface area contributed by atoms with Crippen LogP contribution >= 0.6 is 0 Å². The number of rotatable bonds is 8. The van der Waals surface area contributed by atoms with Crippen molar-refractivity contribution in [3.63, 3.8) is 0 Å². The molecule has 7 rings (SSSR count). The summed E-state index contributed by atoms with van der Waals surface area (Å²) in [4.78, 5) is 12.9. The SMILES string of the molecule is COc1ccccc1N1CCN(C2CCN(Cc3ccccc3)CC2)CC1.COc1ccccc1N1CCN(C2CCNCC2)CC1. The summed E-state index contributed by atoms with van der Waals surface area (Å²) in [6.45, 7) is 14.9. The van der Waals surface area contributed by atoms with Gasteiger partial charge in [0, 0.05) is 71.0 Å². The summed E-state index contributed by atoms with van der Waals surface area (Å²) in [6, 6.07) is 29.1. The zero-order valence-corrected chi connectivity index (χ0v) is 28.7. The molecule has 0 unspecified atom stereocenters. The van der Waals surface area contributed by atoms with Gasteiger partial charge in [-0.15, -0.1) is 0 Å². The molecule has 0 aliphatic carbocycles. The van der Waals surface area contributed by atoms with Crippen LogP contribution in [0.1, 0.15) is 31.2 Å². The predicted molar refractivity (Wildman–Crippen MR) is 194 cm³/mol. The van der Waals surface area contributed by atoms with E-state index in [0.717, 1.165) is 69.4 Å². The maximum absolute atomic E-state index is 5.54. The lowest BCUT2D eigenvalue weighted by Gasteiger charge is -2.43. The predicted octanol–water partition coefficient (Wildman–Crippen LogP) is 5.05. The molecule has 0 radical (unpaired) electrons. The minimum atomic E-state index is 0.747. The number of nitrogens with one attached hydrogen (secondary N) is 1. The molecular weight excluding hydrogens is 584 g/mol. The van der Waals surface area contributed by atoms with Gasteiger partial charge in [0.1, 0.15) is 11.5 Å². The Morgan fingerprint density at radius 3 is 1.47 bits per heavy atom. The van der Waals surface area contributed by atoms with Crippen molar-refractivity contribution in [3.8, 4) is 11.5 Å². The van der Waals surface area contributed by atoms with Gasteiger partial charge in [0.15, 0.2) is 0 Å². The second-order valence-corrected chi connectivity index (χ2v) is 13.4. The number of nitrogens with zero attached hydrogens (tertiary/aromatic N) is 5. The highest BCUT2D eigenvalue weighted by Gasteiger charge is 2.29. The average molecular weight is 641 g/mol. The van der Waals surface area contributed by atoms with E-state index in [-0.39, 0.29) is 0 Å². The van der Waals surface area contributed by atoms with Crippen LogP contribution < -0.4 is 24.6 Å². The Morgan fingerprint density at radius 2 is 0.979 bits per heavy atom. The fourth-order valence-corrected chi connectivity index (χ4v) is 7.89. The summed E-state index contributed by atoms with van der Waals surface area (Å²) in [5.74, 6) is 1.97. The molecule has 8 nitrogen and oxygen atoms in total. The Hall–Kier alpha value is -3.30. The van der Waals surface area contributed by atoms with Gasteiger partial charge < -0.3 is 24.6 Å². The molecule has 254 valence electrons. The van der Waals surface area contributed by atoms with Crippen molar-refractivity contribution < 1.29 is 9.47 Å². The third-order valence-corrected chi connectivity index (χ3v) is 10.6. The molecule has 3 aromatic carbocycles. The molecule has 4 saturated heterocycles. The van der Waals surface area contributed by atoms with E-state index < -0.39 is 0 Å². The summed E-state index contributed by atoms with van der Waals surface area (Å²) < 4.78 is 11.0. The maximum Gasteiger partial charge on any atom is 0.142 e. The number of piperidine rings is 2. The first kappa shape index (κ1) is 33.6. The van der Waals surface area contributed by atoms with Gasteiger partial charge in [0.05, 0.1) is 25.6 Å². The molecule has 0 spiro atoms. The van der Waals surface area contributed by atoms with Gasteiger partial charge in [-0.2, -0.15) is 0 Å². The molecule has 0 saturated carbocycles. The Kier molecular flexibility index (Phi) is 12.3. The molecule has 0 amide bonds. The standard InChI is InChI=1S/C23H31N3O.C16H25N3O/c1-27-23-10-6-5-9-22(23)26-17-15-25(16-18-26)21-11-13-24(14-12-21)19-20-7-3-2-4-8-20;1-20-16-5-3-2-4-15(16)19-12-10-18(11-13-19)14-6-8-17-9-7-14/h2-10,21H,11-19H2,1H3;2-5,14,17H,6-13H2,1H3. The van der Waals surface area contributed by atoms with E-state index in [0.29, 0.717) is 0 Å². The summed E-state index contributed by atoms with van der Waals surface area (Å²) in [5, 5.41) is 3.45. The van der Waals surface area contributed by atoms with Gasteiger partial charge in [-0.25, -0.2) is 0 Å². The molecule has 1 N–H and O–H groups in total. The Labute approximate surface area is 283 Å². The highest BCUT2D eigenvalue weighted by molar-refractivity contribution is 5.59. The van der Waals surface area contributed by atoms with Gasteiger partial charge >= 0.3 is 0 Å². The average Bonchev–Trinajstić information content (AvgIpc) is 3.16. The summed E-state index contributed by atoms with van der Waals surface area (Å²) >= 11 is 0. The smallest absolute Gasteiger partial charge is 0.142 e. The number of hydrogen-bond acceptors (Lipinski definition) is 8. The first-order chi connectivity index (χ1) is 23.2. The lowest BCUT2D eigenvalue weighted by molar-refractivity contribution is 0.0997. The van der Waals surface area contributed by atoms with Crippen LogP contribution in [-0.2, 0) is 6.54 Å². The van der Waals surface area contributed by atoms with Gasteiger partial charge in [-0.1, -0.05) is 54.6 Å². The number of para-hydroxylation sites is 4. The van der Waals surface area contributed by atoms with E-state index in [1.807, 2.05) is 12.1 Å². The maximum atomic E-state index is 5.54. The number of methoxy groups -OCH3 is 2. The van der Waals surface area contributed by atoms with Crippen molar-refractivity contribution in [3.05, 3.63) is 84.4 Å². The van der Waals surface area contributed by atoms with Crippen LogP contribution in [0, 0.1) is 0 Å². The lowest BCUT2D eigenvalue weighted by Crippen LogP contribution is -2.53. The van der Waals surface area contributed by atoms with Crippen LogP contribution in [0.25, 0.3) is 0 Å². The topological polar surface area (TPSA) is 46.7 Å². The van der Waals surface area contributed by atoms with E-state index in [4.69, 9.17) is 9.47 Å². The molecule has 0 bridgehead atoms. The monoisotopic (exact) mass is 640 g/mol. The van der Waals surface area contributed by atoms with Crippen molar-refractivity contribution in [1.29, 1.82) is 0 Å². The molecule has 3 aromatic rings. The molecule has 0 aromatic heterocycles. The second-order valence-electron chi connectivity index (χ2n) is 13.4. The largest absolute Gasteiger partial charge is 0.495 e. The molecular formula is C39H56N6O2. The van der Waals surface area contributed by atoms with E-state index in [1.54, 1.807) is 14.2 Å². The Bertz CT molecular complexity index is 1330. The first-order valence-corrected chi connectivity index (χ1v) is 17.9. The van der Waals surface area contributed by atoms with Crippen molar-refractivity contribution in [1.82, 2.24) is 20.0 Å². The molecule has 0 atom stereocenters. The third kappa shape index (κ3) is 8.99. The highest BCUT2D eigenvalue weighted by atomic mass is 16.5. The highest BCUT2D eigenvalue weighted by Crippen LogP contribution is 2.30. The molecule has 4 aliphatic heterocycles. The number of anilines is 2. The Balaban J connectivity index is 0.000000172. The van der Waals surface area contributed by atoms with Crippen molar-refractivity contribution >= 4 is 11.4 Å². The van der Waals surface area contributed by atoms with E-state index in [2.05, 4.69) is 96.5 Å². The zero-order valence-electron chi connectivity index (χ0n) is 28.7. The molecule has 4 fully saturated rings. The van der Waals surface area contributed by atoms with Crippen molar-refractivity contribution in [2.75, 3.05) is 103 Å². The summed E-state index contributed by atoms with van der Waals surface area (Å²) in [7, 11) is 3.52. The van der Waals surface area contributed by atoms with Crippen LogP contribution in [0.4, 0.5) is 11.4 Å². The first-order valence-electron chi connectivity index (χ1n) is 17.9. The van der Waals surface area contributed by atoms with Crippen LogP contribution in [-0.4, -0.2) is 120 Å². The number of benzene rings is 3. The molecule has 4 heterocycles. The molecule has 8 heteroatoms. The fourth-order valence-electron chi connectivity index (χ4n) is 7.89. The number of hydrogen-bond donors (Lipinski definition) is 1. The lowest BCUT2D eigenvalue weighted by atomic mass is 10.0. The molecule has 47 heavy (non-hydrogen) atoms. The number of ether oxygens (including phenoxy) is 2. The van der Waals surface area contributed by atoms with Crippen LogP contribution in [0.2, 0.25) is 0 Å². The molecule has 4 aliphatic rings. The van der Waals surface area contributed by atoms with Crippen molar-refractivity contribution in [2.45, 2.75) is 44.3 Å². The van der Waals surface area contributed by atoms with E-state index >= 15 is 0 Å². The summed E-state index contributed by atoms with van der Waals surface area (Å²) in [5.41, 5.74) is 3.90. The van der Waals surface area contributed by atoms with Crippen LogP contribution in [0.3, 0.4) is 0 Å². The van der Waals surface area contributed by atoms with Gasteiger partial charge in [-0.05, 0) is 81.7 Å². The quantitative estimate of drug-likeness (QED) is 0.367. The van der Waals surface area contributed by atoms with Gasteiger partial charge in [-0.3, -0.25) is 14.7 Å². The van der Waals surface area contributed by atoms with Crippen LogP contribution in [0.15, 0.2) is 78.9 Å².